The van der Waals surface area contributed by atoms with Gasteiger partial charge in [0.15, 0.2) is 5.13 Å². The van der Waals surface area contributed by atoms with Gasteiger partial charge in [-0.2, -0.15) is 10.5 Å². The molecule has 1 aromatic carbocycles. The summed E-state index contributed by atoms with van der Waals surface area (Å²) in [5, 5.41) is 30.8. The summed E-state index contributed by atoms with van der Waals surface area (Å²) < 4.78 is 0. The molecule has 0 unspecified atom stereocenters. The number of nitriles is 2. The number of amides is 1. The first kappa shape index (κ1) is 17.1. The summed E-state index contributed by atoms with van der Waals surface area (Å²) in [5.74, 6) is -0.597. The lowest BCUT2D eigenvalue weighted by molar-refractivity contribution is -0.384. The smallest absolute Gasteiger partial charge is 0.270 e. The van der Waals surface area contributed by atoms with Gasteiger partial charge in [0.1, 0.15) is 22.9 Å². The second kappa shape index (κ2) is 7.33. The zero-order valence-electron chi connectivity index (χ0n) is 11.7. The van der Waals surface area contributed by atoms with E-state index in [1.165, 1.54) is 24.3 Å². The van der Waals surface area contributed by atoms with Crippen LogP contribution in [0.2, 0.25) is 5.15 Å². The van der Waals surface area contributed by atoms with Crippen LogP contribution in [0.4, 0.5) is 10.8 Å². The van der Waals surface area contributed by atoms with Crippen LogP contribution in [-0.4, -0.2) is 15.8 Å². The molecule has 0 saturated heterocycles. The Morgan fingerprint density at radius 1 is 1.42 bits per heavy atom. The molecule has 8 nitrogen and oxygen atoms in total. The number of anilines is 1. The Bertz CT molecular complexity index is 923. The first-order valence-corrected chi connectivity index (χ1v) is 7.38. The van der Waals surface area contributed by atoms with Gasteiger partial charge in [0.05, 0.1) is 9.80 Å². The van der Waals surface area contributed by atoms with E-state index in [0.717, 1.165) is 17.4 Å². The summed E-state index contributed by atoms with van der Waals surface area (Å²) in [4.78, 5) is 26.5. The van der Waals surface area contributed by atoms with Crippen molar-refractivity contribution in [1.82, 2.24) is 4.98 Å². The van der Waals surface area contributed by atoms with Crippen LogP contribution in [0.25, 0.3) is 6.08 Å². The van der Waals surface area contributed by atoms with Crippen molar-refractivity contribution in [2.75, 3.05) is 5.32 Å². The Morgan fingerprint density at radius 3 is 2.75 bits per heavy atom. The zero-order valence-corrected chi connectivity index (χ0v) is 13.3. The predicted octanol–water partition coefficient (Wildman–Crippen LogP) is 3.39. The number of nitro groups is 1. The Kier molecular flexibility index (Phi) is 5.22. The van der Waals surface area contributed by atoms with Crippen LogP contribution in [0.5, 0.6) is 0 Å². The lowest BCUT2D eigenvalue weighted by atomic mass is 10.2. The predicted molar refractivity (Wildman–Crippen MR) is 87.4 cm³/mol. The third-order valence-electron chi connectivity index (χ3n) is 2.67. The number of benzene rings is 1. The van der Waals surface area contributed by atoms with Crippen molar-refractivity contribution < 1.29 is 9.72 Å². The van der Waals surface area contributed by atoms with E-state index in [4.69, 9.17) is 22.1 Å². The van der Waals surface area contributed by atoms with E-state index in [2.05, 4.69) is 10.3 Å². The van der Waals surface area contributed by atoms with E-state index in [1.807, 2.05) is 0 Å². The highest BCUT2D eigenvalue weighted by Crippen LogP contribution is 2.29. The third kappa shape index (κ3) is 3.93. The zero-order chi connectivity index (χ0) is 17.7. The summed E-state index contributed by atoms with van der Waals surface area (Å²) in [5.41, 5.74) is -0.282. The van der Waals surface area contributed by atoms with Crippen LogP contribution in [0.15, 0.2) is 29.8 Å². The normalized spacial score (nSPS) is 9.46. The number of carbonyl (C=O) groups is 1. The van der Waals surface area contributed by atoms with Crippen LogP contribution in [0.3, 0.4) is 0 Å². The fourth-order valence-corrected chi connectivity index (χ4v) is 2.71. The number of halogens is 1. The number of hydrogen-bond acceptors (Lipinski definition) is 7. The fraction of sp³-hybridized carbons (Fsp3) is 0. The van der Waals surface area contributed by atoms with E-state index < -0.39 is 10.8 Å². The first-order valence-electron chi connectivity index (χ1n) is 6.18. The number of nitrogens with one attached hydrogen (secondary N) is 1. The maximum atomic E-state index is 12.1. The van der Waals surface area contributed by atoms with Gasteiger partial charge in [-0.3, -0.25) is 20.2 Å². The van der Waals surface area contributed by atoms with Crippen LogP contribution >= 0.6 is 22.9 Å². The maximum Gasteiger partial charge on any atom is 0.270 e. The molecule has 0 saturated carbocycles. The maximum absolute atomic E-state index is 12.1. The average Bonchev–Trinajstić information content (AvgIpc) is 2.91. The van der Waals surface area contributed by atoms with Crippen molar-refractivity contribution in [3.05, 3.63) is 55.5 Å². The largest absolute Gasteiger partial charge is 0.298 e. The monoisotopic (exact) mass is 359 g/mol. The number of aromatic nitrogens is 1. The standard InChI is InChI=1S/C14H6ClN5O3S/c15-12-11(4-8(6-16)7-17)24-14(18-12)19-13(21)9-2-1-3-10(5-9)20(22)23/h1-5H,(H,18,19,21). The van der Waals surface area contributed by atoms with E-state index in [9.17, 15) is 14.9 Å². The molecule has 0 radical (unpaired) electrons. The van der Waals surface area contributed by atoms with E-state index in [0.29, 0.717) is 4.88 Å². The highest BCUT2D eigenvalue weighted by molar-refractivity contribution is 7.17. The van der Waals surface area contributed by atoms with Gasteiger partial charge in [-0.15, -0.1) is 0 Å². The second-order valence-corrected chi connectivity index (χ2v) is 5.61. The number of nitrogens with zero attached hydrogens (tertiary/aromatic N) is 4. The molecule has 2 rings (SSSR count). The number of carbonyl (C=O) groups excluding carboxylic acids is 1. The van der Waals surface area contributed by atoms with Crippen LogP contribution in [-0.2, 0) is 0 Å². The highest BCUT2D eigenvalue weighted by atomic mass is 35.5. The molecule has 0 aliphatic heterocycles. The van der Waals surface area contributed by atoms with Crippen LogP contribution in [0, 0.1) is 32.8 Å². The van der Waals surface area contributed by atoms with Crippen molar-refractivity contribution in [2.24, 2.45) is 0 Å². The van der Waals surface area contributed by atoms with Crippen molar-refractivity contribution in [2.45, 2.75) is 0 Å². The lowest BCUT2D eigenvalue weighted by Gasteiger charge is -2.01. The molecule has 0 aliphatic rings. The average molecular weight is 360 g/mol. The number of nitro benzene ring substituents is 1. The third-order valence-corrected chi connectivity index (χ3v) is 3.98. The van der Waals surface area contributed by atoms with Gasteiger partial charge in [0.2, 0.25) is 0 Å². The van der Waals surface area contributed by atoms with Crippen LogP contribution < -0.4 is 5.32 Å². The summed E-state index contributed by atoms with van der Waals surface area (Å²) in [6.07, 6.45) is 1.25. The van der Waals surface area contributed by atoms with Crippen molar-refractivity contribution in [3.8, 4) is 12.1 Å². The molecule has 118 valence electrons. The van der Waals surface area contributed by atoms with Gasteiger partial charge in [-0.25, -0.2) is 4.98 Å². The summed E-state index contributed by atoms with van der Waals surface area (Å²) >= 11 is 6.86. The van der Waals surface area contributed by atoms with Crippen molar-refractivity contribution >= 4 is 45.7 Å². The molecule has 0 aliphatic carbocycles. The quantitative estimate of drug-likeness (QED) is 0.505. The van der Waals surface area contributed by atoms with Gasteiger partial charge in [0, 0.05) is 17.7 Å². The van der Waals surface area contributed by atoms with Crippen LogP contribution in [0.1, 0.15) is 15.2 Å². The number of hydrogen-bond donors (Lipinski definition) is 1. The Labute approximate surface area is 144 Å². The van der Waals surface area contributed by atoms with Gasteiger partial charge >= 0.3 is 0 Å². The second-order valence-electron chi connectivity index (χ2n) is 4.22. The topological polar surface area (TPSA) is 133 Å². The SMILES string of the molecule is N#CC(C#N)=Cc1sc(NC(=O)c2cccc([N+](=O)[O-])c2)nc1Cl. The minimum Gasteiger partial charge on any atom is -0.298 e. The van der Waals surface area contributed by atoms with Gasteiger partial charge in [0.25, 0.3) is 11.6 Å². The van der Waals surface area contributed by atoms with Crippen molar-refractivity contribution in [1.29, 1.82) is 10.5 Å². The molecule has 10 heteroatoms. The lowest BCUT2D eigenvalue weighted by Crippen LogP contribution is -2.11. The van der Waals surface area contributed by atoms with E-state index >= 15 is 0 Å². The number of non-ortho nitro benzene ring substituents is 1. The van der Waals surface area contributed by atoms with E-state index in [-0.39, 0.29) is 27.1 Å². The molecule has 1 heterocycles. The van der Waals surface area contributed by atoms with E-state index in [1.54, 1.807) is 12.1 Å². The molecule has 0 spiro atoms. The number of thiazole rings is 1. The molecule has 1 N–H and O–H groups in total. The molecule has 1 aromatic heterocycles. The van der Waals surface area contributed by atoms with Gasteiger partial charge < -0.3 is 0 Å². The molecule has 0 bridgehead atoms. The fourth-order valence-electron chi connectivity index (χ4n) is 1.61. The summed E-state index contributed by atoms with van der Waals surface area (Å²) in [6.45, 7) is 0. The Balaban J connectivity index is 2.23. The summed E-state index contributed by atoms with van der Waals surface area (Å²) in [7, 11) is 0. The minimum atomic E-state index is -0.606. The summed E-state index contributed by atoms with van der Waals surface area (Å²) in [6, 6.07) is 8.59. The van der Waals surface area contributed by atoms with Gasteiger partial charge in [-0.05, 0) is 12.1 Å². The Morgan fingerprint density at radius 2 is 2.12 bits per heavy atom. The first-order chi connectivity index (χ1) is 11.4. The number of rotatable bonds is 4. The molecule has 0 fully saturated rings. The minimum absolute atomic E-state index is 0.0253. The van der Waals surface area contributed by atoms with Crippen molar-refractivity contribution in [3.63, 3.8) is 0 Å². The molecule has 2 aromatic rings. The number of allylic oxidation sites excluding steroid dienone is 1. The Hall–Kier alpha value is -3.27. The molecule has 24 heavy (non-hydrogen) atoms. The molecule has 0 atom stereocenters. The van der Waals surface area contributed by atoms with Gasteiger partial charge in [-0.1, -0.05) is 29.0 Å². The molecular formula is C14H6ClN5O3S. The molecule has 1 amide bonds. The highest BCUT2D eigenvalue weighted by Gasteiger charge is 2.15. The molecular weight excluding hydrogens is 354 g/mol.